The van der Waals surface area contributed by atoms with Crippen molar-refractivity contribution in [1.82, 2.24) is 9.97 Å². The molecule has 0 unspecified atom stereocenters. The Kier molecular flexibility index (Phi) is 5.12. The molecule has 2 rings (SSSR count). The van der Waals surface area contributed by atoms with Crippen LogP contribution in [0.4, 0.5) is 5.69 Å². The zero-order valence-corrected chi connectivity index (χ0v) is 15.0. The lowest BCUT2D eigenvalue weighted by Gasteiger charge is -2.14. The molecule has 0 aliphatic rings. The molecule has 1 heterocycles. The Hall–Kier alpha value is -2.88. The van der Waals surface area contributed by atoms with Gasteiger partial charge in [-0.25, -0.2) is 8.42 Å². The number of carbonyl (C=O) groups excluding carboxylic acids is 1. The van der Waals surface area contributed by atoms with Crippen molar-refractivity contribution in [2.24, 2.45) is 5.73 Å². The number of nitrogens with one attached hydrogen (secondary N) is 1. The summed E-state index contributed by atoms with van der Waals surface area (Å²) in [5.41, 5.74) is 6.26. The van der Waals surface area contributed by atoms with Gasteiger partial charge >= 0.3 is 6.01 Å². The molecule has 25 heavy (non-hydrogen) atoms. The van der Waals surface area contributed by atoms with E-state index in [9.17, 15) is 13.2 Å². The van der Waals surface area contributed by atoms with Crippen molar-refractivity contribution in [3.63, 3.8) is 0 Å². The Balaban J connectivity index is 2.47. The van der Waals surface area contributed by atoms with E-state index in [0.29, 0.717) is 11.4 Å². The van der Waals surface area contributed by atoms with Crippen molar-refractivity contribution in [1.29, 1.82) is 0 Å². The van der Waals surface area contributed by atoms with Crippen LogP contribution in [0.25, 0.3) is 0 Å². The maximum Gasteiger partial charge on any atom is 0.316 e. The highest BCUT2D eigenvalue weighted by Gasteiger charge is 2.21. The summed E-state index contributed by atoms with van der Waals surface area (Å²) in [6, 6.07) is 3.96. The van der Waals surface area contributed by atoms with Crippen LogP contribution in [0.3, 0.4) is 0 Å². The number of methoxy groups -OCH3 is 2. The van der Waals surface area contributed by atoms with Crippen LogP contribution in [0.15, 0.2) is 23.1 Å². The highest BCUT2D eigenvalue weighted by atomic mass is 32.2. The van der Waals surface area contributed by atoms with Crippen LogP contribution in [0.5, 0.6) is 11.8 Å². The maximum absolute atomic E-state index is 12.6. The van der Waals surface area contributed by atoms with Gasteiger partial charge in [-0.3, -0.25) is 9.52 Å². The second-order valence-electron chi connectivity index (χ2n) is 5.09. The lowest BCUT2D eigenvalue weighted by Crippen LogP contribution is -2.18. The van der Waals surface area contributed by atoms with Gasteiger partial charge in [-0.15, -0.1) is 0 Å². The molecular formula is C15H18N4O5S. The highest BCUT2D eigenvalue weighted by molar-refractivity contribution is 7.92. The summed E-state index contributed by atoms with van der Waals surface area (Å²) >= 11 is 0. The molecule has 9 nitrogen and oxygen atoms in total. The monoisotopic (exact) mass is 366 g/mol. The second kappa shape index (κ2) is 6.93. The van der Waals surface area contributed by atoms with E-state index in [2.05, 4.69) is 14.7 Å². The van der Waals surface area contributed by atoms with E-state index >= 15 is 0 Å². The molecule has 1 aromatic carbocycles. The summed E-state index contributed by atoms with van der Waals surface area (Å²) < 4.78 is 37.7. The predicted octanol–water partition coefficient (Wildman–Crippen LogP) is 1.01. The Morgan fingerprint density at radius 3 is 2.20 bits per heavy atom. The predicted molar refractivity (Wildman–Crippen MR) is 90.4 cm³/mol. The van der Waals surface area contributed by atoms with Gasteiger partial charge in [0.1, 0.15) is 5.75 Å². The van der Waals surface area contributed by atoms with Crippen molar-refractivity contribution in [3.05, 3.63) is 35.2 Å². The van der Waals surface area contributed by atoms with E-state index in [0.717, 1.165) is 6.07 Å². The van der Waals surface area contributed by atoms with Gasteiger partial charge in [0.05, 0.1) is 41.8 Å². The molecule has 1 aromatic heterocycles. The van der Waals surface area contributed by atoms with E-state index in [1.165, 1.54) is 26.4 Å². The number of anilines is 1. The van der Waals surface area contributed by atoms with Crippen molar-refractivity contribution in [2.45, 2.75) is 18.7 Å². The molecule has 2 aromatic rings. The molecule has 0 aliphatic heterocycles. The van der Waals surface area contributed by atoms with Crippen LogP contribution in [0.2, 0.25) is 0 Å². The van der Waals surface area contributed by atoms with Gasteiger partial charge in [0.2, 0.25) is 0 Å². The highest BCUT2D eigenvalue weighted by Crippen LogP contribution is 2.26. The lowest BCUT2D eigenvalue weighted by molar-refractivity contribution is 0.0997. The average molecular weight is 366 g/mol. The van der Waals surface area contributed by atoms with Gasteiger partial charge < -0.3 is 15.2 Å². The van der Waals surface area contributed by atoms with Crippen molar-refractivity contribution >= 4 is 21.6 Å². The fraction of sp³-hybridized carbons (Fsp3) is 0.267. The zero-order valence-electron chi connectivity index (χ0n) is 14.2. The van der Waals surface area contributed by atoms with E-state index < -0.39 is 15.9 Å². The molecule has 134 valence electrons. The van der Waals surface area contributed by atoms with Gasteiger partial charge in [0.25, 0.3) is 15.9 Å². The molecule has 0 fully saturated rings. The van der Waals surface area contributed by atoms with E-state index in [4.69, 9.17) is 15.2 Å². The van der Waals surface area contributed by atoms with Crippen LogP contribution < -0.4 is 19.9 Å². The van der Waals surface area contributed by atoms with E-state index in [-0.39, 0.29) is 27.9 Å². The smallest absolute Gasteiger partial charge is 0.316 e. The molecule has 0 atom stereocenters. The van der Waals surface area contributed by atoms with Crippen molar-refractivity contribution in [3.8, 4) is 11.8 Å². The largest absolute Gasteiger partial charge is 0.496 e. The minimum absolute atomic E-state index is 0.0372. The summed E-state index contributed by atoms with van der Waals surface area (Å²) in [5, 5.41) is 0. The molecule has 0 saturated heterocycles. The molecule has 1 amide bonds. The molecule has 0 bridgehead atoms. The molecule has 3 N–H and O–H groups in total. The van der Waals surface area contributed by atoms with Gasteiger partial charge in [0, 0.05) is 0 Å². The Morgan fingerprint density at radius 2 is 1.72 bits per heavy atom. The SMILES string of the molecule is COc1nc(C)c(NS(=O)(=O)c2ccc(OC)c(C(N)=O)c2)c(C)n1. The molecule has 0 spiro atoms. The van der Waals surface area contributed by atoms with Crippen LogP contribution >= 0.6 is 0 Å². The number of amides is 1. The number of hydrogen-bond acceptors (Lipinski definition) is 7. The van der Waals surface area contributed by atoms with Crippen LogP contribution in [0.1, 0.15) is 21.7 Å². The van der Waals surface area contributed by atoms with E-state index in [1.807, 2.05) is 0 Å². The summed E-state index contributed by atoms with van der Waals surface area (Å²) in [5.74, 6) is -0.611. The Bertz CT molecular complexity index is 905. The number of sulfonamides is 1. The fourth-order valence-corrected chi connectivity index (χ4v) is 3.37. The average Bonchev–Trinajstić information content (AvgIpc) is 2.57. The summed E-state index contributed by atoms with van der Waals surface area (Å²) in [7, 11) is -1.22. The molecule has 10 heteroatoms. The first-order valence-electron chi connectivity index (χ1n) is 7.09. The topological polar surface area (TPSA) is 134 Å². The number of aromatic nitrogens is 2. The number of benzene rings is 1. The Morgan fingerprint density at radius 1 is 1.12 bits per heavy atom. The maximum atomic E-state index is 12.6. The number of nitrogens with zero attached hydrogens (tertiary/aromatic N) is 2. The van der Waals surface area contributed by atoms with Gasteiger partial charge in [-0.1, -0.05) is 0 Å². The number of rotatable bonds is 6. The number of hydrogen-bond donors (Lipinski definition) is 2. The second-order valence-corrected chi connectivity index (χ2v) is 6.77. The molecule has 0 radical (unpaired) electrons. The zero-order chi connectivity index (χ0) is 18.8. The number of aryl methyl sites for hydroxylation is 2. The van der Waals surface area contributed by atoms with Crippen molar-refractivity contribution < 1.29 is 22.7 Å². The van der Waals surface area contributed by atoms with Gasteiger partial charge in [-0.05, 0) is 32.0 Å². The number of carbonyl (C=O) groups is 1. The minimum atomic E-state index is -3.99. The van der Waals surface area contributed by atoms with Crippen LogP contribution in [-0.4, -0.2) is 38.5 Å². The fourth-order valence-electron chi connectivity index (χ4n) is 2.16. The molecule has 0 aliphatic carbocycles. The standard InChI is InChI=1S/C15H18N4O5S/c1-8-13(9(2)18-15(17-8)24-4)19-25(21,22)10-5-6-12(23-3)11(7-10)14(16)20/h5-7,19H,1-4H3,(H2,16,20). The molecular weight excluding hydrogens is 348 g/mol. The van der Waals surface area contributed by atoms with Gasteiger partial charge in [0.15, 0.2) is 0 Å². The van der Waals surface area contributed by atoms with Crippen LogP contribution in [0, 0.1) is 13.8 Å². The third kappa shape index (κ3) is 3.79. The first-order chi connectivity index (χ1) is 11.7. The van der Waals surface area contributed by atoms with Crippen LogP contribution in [-0.2, 0) is 10.0 Å². The first kappa shape index (κ1) is 18.5. The third-order valence-electron chi connectivity index (χ3n) is 3.42. The third-order valence-corrected chi connectivity index (χ3v) is 4.76. The minimum Gasteiger partial charge on any atom is -0.496 e. The number of ether oxygens (including phenoxy) is 2. The Labute approximate surface area is 145 Å². The summed E-state index contributed by atoms with van der Waals surface area (Å²) in [6.45, 7) is 3.25. The lowest BCUT2D eigenvalue weighted by atomic mass is 10.2. The van der Waals surface area contributed by atoms with E-state index in [1.54, 1.807) is 13.8 Å². The first-order valence-corrected chi connectivity index (χ1v) is 8.57. The quantitative estimate of drug-likeness (QED) is 0.779. The van der Waals surface area contributed by atoms with Crippen molar-refractivity contribution in [2.75, 3.05) is 18.9 Å². The number of nitrogens with two attached hydrogens (primary N) is 1. The summed E-state index contributed by atoms with van der Waals surface area (Å²) in [6.07, 6.45) is 0. The summed E-state index contributed by atoms with van der Waals surface area (Å²) in [4.78, 5) is 19.4. The number of primary amides is 1. The normalized spacial score (nSPS) is 11.0. The van der Waals surface area contributed by atoms with Gasteiger partial charge in [-0.2, -0.15) is 9.97 Å². The molecule has 0 saturated carbocycles.